The molecule has 1 aliphatic rings. The summed E-state index contributed by atoms with van der Waals surface area (Å²) in [6.45, 7) is 14.2. The van der Waals surface area contributed by atoms with Gasteiger partial charge in [0, 0.05) is 72.1 Å². The molecular weight excluding hydrogens is 633 g/mol. The number of H-pyrrole nitrogens is 1. The molecule has 0 unspecified atom stereocenters. The lowest BCUT2D eigenvalue weighted by Crippen LogP contribution is -2.48. The third-order valence-electron chi connectivity index (χ3n) is 7.54. The molecule has 0 spiro atoms. The molecule has 1 saturated heterocycles. The van der Waals surface area contributed by atoms with Gasteiger partial charge in [0.15, 0.2) is 11.0 Å². The van der Waals surface area contributed by atoms with Gasteiger partial charge in [0.05, 0.1) is 0 Å². The van der Waals surface area contributed by atoms with Crippen LogP contribution >= 0.6 is 23.5 Å². The van der Waals surface area contributed by atoms with Crippen molar-refractivity contribution in [3.63, 3.8) is 0 Å². The van der Waals surface area contributed by atoms with E-state index in [0.29, 0.717) is 0 Å². The Balaban J connectivity index is 0.000000578. The number of nitrogens with one attached hydrogen (secondary N) is 2. The summed E-state index contributed by atoms with van der Waals surface area (Å²) in [6, 6.07) is 33.3. The fraction of sp³-hybridized carbons (Fsp3) is 0.342. The monoisotopic (exact) mass is 682 g/mol. The number of piperazine rings is 1. The van der Waals surface area contributed by atoms with Crippen LogP contribution < -0.4 is 10.2 Å². The van der Waals surface area contributed by atoms with Crippen LogP contribution in [0.4, 0.5) is 17.5 Å². The highest BCUT2D eigenvalue weighted by molar-refractivity contribution is 7.99. The van der Waals surface area contributed by atoms with E-state index in [1.165, 1.54) is 10.5 Å². The van der Waals surface area contributed by atoms with Crippen molar-refractivity contribution < 1.29 is 0 Å². The van der Waals surface area contributed by atoms with Crippen LogP contribution in [0.5, 0.6) is 0 Å². The molecule has 6 rings (SSSR count). The SMILES string of the molecule is CC.Cc1cc(Nc2nc(Sc3ccc(SCc4ccccc4)cc3)nc(N3CCN(CCN(C)C)CC3)c2C)n[nH]1.c1ccccc1. The fourth-order valence-corrected chi connectivity index (χ4v) is 6.53. The molecule has 48 heavy (non-hydrogen) atoms. The minimum Gasteiger partial charge on any atom is -0.354 e. The van der Waals surface area contributed by atoms with Crippen molar-refractivity contribution in [1.82, 2.24) is 30.0 Å². The largest absolute Gasteiger partial charge is 0.354 e. The van der Waals surface area contributed by atoms with Crippen LogP contribution in [0.1, 0.15) is 30.7 Å². The molecule has 0 aliphatic carbocycles. The summed E-state index contributed by atoms with van der Waals surface area (Å²) >= 11 is 3.45. The van der Waals surface area contributed by atoms with Gasteiger partial charge in [-0.2, -0.15) is 5.10 Å². The minimum absolute atomic E-state index is 0.732. The number of hydrogen-bond acceptors (Lipinski definition) is 9. The molecular formula is C38H50N8S2. The number of benzene rings is 3. The van der Waals surface area contributed by atoms with Gasteiger partial charge < -0.3 is 15.1 Å². The number of hydrogen-bond donors (Lipinski definition) is 2. The van der Waals surface area contributed by atoms with Crippen molar-refractivity contribution in [2.24, 2.45) is 0 Å². The van der Waals surface area contributed by atoms with Crippen LogP contribution in [-0.4, -0.2) is 83.3 Å². The average molecular weight is 683 g/mol. The van der Waals surface area contributed by atoms with Gasteiger partial charge in [-0.25, -0.2) is 9.97 Å². The summed E-state index contributed by atoms with van der Waals surface area (Å²) in [5.41, 5.74) is 3.37. The Morgan fingerprint density at radius 3 is 1.98 bits per heavy atom. The molecule has 3 heterocycles. The van der Waals surface area contributed by atoms with Crippen LogP contribution in [-0.2, 0) is 5.75 Å². The second-order valence-electron chi connectivity index (χ2n) is 11.5. The number of thioether (sulfide) groups is 1. The van der Waals surface area contributed by atoms with Gasteiger partial charge in [-0.05, 0) is 69.5 Å². The number of likely N-dealkylation sites (N-methyl/N-ethyl adjacent to an activating group) is 1. The molecule has 0 saturated carbocycles. The number of aryl methyl sites for hydroxylation is 1. The summed E-state index contributed by atoms with van der Waals surface area (Å²) in [7, 11) is 4.26. The predicted octanol–water partition coefficient (Wildman–Crippen LogP) is 8.40. The van der Waals surface area contributed by atoms with Crippen LogP contribution in [0, 0.1) is 13.8 Å². The van der Waals surface area contributed by atoms with Gasteiger partial charge in [-0.1, -0.05) is 80.6 Å². The molecule has 2 N–H and O–H groups in total. The predicted molar refractivity (Wildman–Crippen MR) is 205 cm³/mol. The molecule has 1 fully saturated rings. The normalized spacial score (nSPS) is 12.9. The lowest BCUT2D eigenvalue weighted by molar-refractivity contribution is 0.229. The van der Waals surface area contributed by atoms with Crippen LogP contribution in [0.25, 0.3) is 0 Å². The first-order valence-corrected chi connectivity index (χ1v) is 18.5. The summed E-state index contributed by atoms with van der Waals surface area (Å²) < 4.78 is 0. The molecule has 2 aromatic heterocycles. The number of rotatable bonds is 11. The molecule has 8 nitrogen and oxygen atoms in total. The van der Waals surface area contributed by atoms with Gasteiger partial charge >= 0.3 is 0 Å². The van der Waals surface area contributed by atoms with Crippen molar-refractivity contribution in [3.05, 3.63) is 114 Å². The van der Waals surface area contributed by atoms with Gasteiger partial charge in [-0.15, -0.1) is 11.8 Å². The number of nitrogens with zero attached hydrogens (tertiary/aromatic N) is 6. The number of anilines is 3. The molecule has 0 radical (unpaired) electrons. The van der Waals surface area contributed by atoms with Crippen LogP contribution in [0.15, 0.2) is 112 Å². The maximum atomic E-state index is 5.07. The molecule has 1 aliphatic heterocycles. The molecule has 10 heteroatoms. The van der Waals surface area contributed by atoms with E-state index in [1.54, 1.807) is 11.8 Å². The first kappa shape index (κ1) is 37.0. The Kier molecular flexibility index (Phi) is 15.3. The third-order valence-corrected chi connectivity index (χ3v) is 9.49. The van der Waals surface area contributed by atoms with Crippen LogP contribution in [0.2, 0.25) is 0 Å². The summed E-state index contributed by atoms with van der Waals surface area (Å²) in [5.74, 6) is 3.51. The van der Waals surface area contributed by atoms with Crippen molar-refractivity contribution >= 4 is 41.0 Å². The standard InChI is InChI=1S/C30H38N8S2.C6H6.C2H6/c1-22-20-27(35-34-22)31-28-23(2)29(38-18-16-37(17-19-38)15-14-36(3)4)33-30(32-28)40-26-12-10-25(11-13-26)39-21-24-8-6-5-7-9-24;1-2-4-6-5-3-1;1-2/h5-13,20H,14-19,21H2,1-4H3,(H2,31,32,33,34,35);1-6H;1-2H3. The molecule has 3 aromatic carbocycles. The molecule has 0 atom stereocenters. The Labute approximate surface area is 295 Å². The van der Waals surface area contributed by atoms with Crippen molar-refractivity contribution in [2.75, 3.05) is 63.6 Å². The Morgan fingerprint density at radius 2 is 1.40 bits per heavy atom. The van der Waals surface area contributed by atoms with E-state index in [9.17, 15) is 0 Å². The lowest BCUT2D eigenvalue weighted by atomic mass is 10.2. The van der Waals surface area contributed by atoms with Gasteiger partial charge in [-0.3, -0.25) is 10.00 Å². The summed E-state index contributed by atoms with van der Waals surface area (Å²) in [6.07, 6.45) is 0. The molecule has 0 amide bonds. The lowest BCUT2D eigenvalue weighted by Gasteiger charge is -2.36. The highest BCUT2D eigenvalue weighted by Crippen LogP contribution is 2.34. The van der Waals surface area contributed by atoms with E-state index < -0.39 is 0 Å². The highest BCUT2D eigenvalue weighted by atomic mass is 32.2. The zero-order valence-corrected chi connectivity index (χ0v) is 30.8. The number of aromatic amines is 1. The Bertz CT molecular complexity index is 1580. The van der Waals surface area contributed by atoms with E-state index in [1.807, 2.05) is 75.0 Å². The summed E-state index contributed by atoms with van der Waals surface area (Å²) in [5, 5.41) is 11.5. The van der Waals surface area contributed by atoms with E-state index in [0.717, 1.165) is 83.8 Å². The first-order chi connectivity index (χ1) is 23.4. The highest BCUT2D eigenvalue weighted by Gasteiger charge is 2.23. The molecule has 254 valence electrons. The van der Waals surface area contributed by atoms with Gasteiger partial charge in [0.1, 0.15) is 11.6 Å². The maximum absolute atomic E-state index is 5.07. The number of aromatic nitrogens is 4. The zero-order chi connectivity index (χ0) is 34.1. The van der Waals surface area contributed by atoms with Crippen molar-refractivity contribution in [2.45, 2.75) is 48.4 Å². The minimum atomic E-state index is 0.732. The smallest absolute Gasteiger partial charge is 0.196 e. The van der Waals surface area contributed by atoms with E-state index in [2.05, 4.69) is 106 Å². The van der Waals surface area contributed by atoms with Gasteiger partial charge in [0.2, 0.25) is 0 Å². The maximum Gasteiger partial charge on any atom is 0.196 e. The van der Waals surface area contributed by atoms with E-state index >= 15 is 0 Å². The second-order valence-corrected chi connectivity index (χ2v) is 13.6. The fourth-order valence-electron chi connectivity index (χ4n) is 4.92. The molecule has 5 aromatic rings. The topological polar surface area (TPSA) is 76.2 Å². The summed E-state index contributed by atoms with van der Waals surface area (Å²) in [4.78, 5) is 19.6. The third kappa shape index (κ3) is 12.0. The molecule has 0 bridgehead atoms. The zero-order valence-electron chi connectivity index (χ0n) is 29.2. The van der Waals surface area contributed by atoms with Gasteiger partial charge in [0.25, 0.3) is 0 Å². The quantitative estimate of drug-likeness (QED) is 0.106. The Hall–Kier alpha value is -3.83. The Morgan fingerprint density at radius 1 is 0.792 bits per heavy atom. The van der Waals surface area contributed by atoms with E-state index in [4.69, 9.17) is 9.97 Å². The average Bonchev–Trinajstić information content (AvgIpc) is 3.55. The second kappa shape index (κ2) is 19.9. The first-order valence-electron chi connectivity index (χ1n) is 16.7. The van der Waals surface area contributed by atoms with Crippen LogP contribution in [0.3, 0.4) is 0 Å². The van der Waals surface area contributed by atoms with E-state index in [-0.39, 0.29) is 0 Å². The van der Waals surface area contributed by atoms with Crippen molar-refractivity contribution in [3.8, 4) is 0 Å². The van der Waals surface area contributed by atoms with Crippen molar-refractivity contribution in [1.29, 1.82) is 0 Å².